The number of benzene rings is 1. The van der Waals surface area contributed by atoms with Crippen LogP contribution in [0.25, 0.3) is 0 Å². The third-order valence-corrected chi connectivity index (χ3v) is 7.73. The van der Waals surface area contributed by atoms with E-state index in [1.807, 2.05) is 0 Å². The van der Waals surface area contributed by atoms with Gasteiger partial charge in [0.15, 0.2) is 11.2 Å². The molecule has 1 aromatic carbocycles. The van der Waals surface area contributed by atoms with E-state index in [9.17, 15) is 0 Å². The van der Waals surface area contributed by atoms with Gasteiger partial charge in [0, 0.05) is 19.3 Å². The quantitative estimate of drug-likeness (QED) is 0.577. The minimum atomic E-state index is 0.335. The lowest BCUT2D eigenvalue weighted by Crippen LogP contribution is -2.09. The van der Waals surface area contributed by atoms with E-state index in [1.54, 1.807) is 5.56 Å². The molecule has 0 radical (unpaired) electrons. The summed E-state index contributed by atoms with van der Waals surface area (Å²) in [5.41, 5.74) is 3.08. The second-order valence-electron chi connectivity index (χ2n) is 6.72. The van der Waals surface area contributed by atoms with E-state index in [1.165, 1.54) is 69.1 Å². The minimum Gasteiger partial charge on any atom is -0.108 e. The molecule has 2 saturated heterocycles. The number of rotatable bonds is 4. The molecule has 0 spiro atoms. The van der Waals surface area contributed by atoms with Crippen LogP contribution in [-0.2, 0) is 21.8 Å². The van der Waals surface area contributed by atoms with Gasteiger partial charge in [-0.3, -0.25) is 0 Å². The molecule has 1 saturated carbocycles. The summed E-state index contributed by atoms with van der Waals surface area (Å²) in [5, 5.41) is 0. The van der Waals surface area contributed by atoms with Crippen LogP contribution < -0.4 is 0 Å². The monoisotopic (exact) mass is 289 g/mol. The summed E-state index contributed by atoms with van der Waals surface area (Å²) in [7, 11) is 0. The predicted molar refractivity (Wildman–Crippen MR) is 85.9 cm³/mol. The van der Waals surface area contributed by atoms with E-state index in [4.69, 9.17) is 4.18 Å². The lowest BCUT2D eigenvalue weighted by molar-refractivity contribution is 0.278. The Kier molecular flexibility index (Phi) is 3.55. The fourth-order valence-corrected chi connectivity index (χ4v) is 6.24. The van der Waals surface area contributed by atoms with Crippen molar-refractivity contribution in [1.29, 1.82) is 0 Å². The Hall–Kier alpha value is -0.470. The number of hydrogen-bond donors (Lipinski definition) is 0. The van der Waals surface area contributed by atoms with Crippen molar-refractivity contribution in [3.05, 3.63) is 35.4 Å². The predicted octanol–water partition coefficient (Wildman–Crippen LogP) is 4.72. The molecule has 2 heteroatoms. The molecule has 1 aliphatic carbocycles. The second-order valence-corrected chi connectivity index (χ2v) is 8.73. The number of hydrogen-bond acceptors (Lipinski definition) is 1. The Bertz CT molecular complexity index is 463. The van der Waals surface area contributed by atoms with Gasteiger partial charge in [-0.15, -0.1) is 4.18 Å². The lowest BCUT2D eigenvalue weighted by atomic mass is 9.84. The SMILES string of the molecule is c1cc(C2CCCCC2)ccc1CCC12CCC[S+]1O2. The maximum atomic E-state index is 5.91. The first-order valence-electron chi connectivity index (χ1n) is 8.35. The van der Waals surface area contributed by atoms with E-state index in [0.29, 0.717) is 16.1 Å². The van der Waals surface area contributed by atoms with Crippen molar-refractivity contribution in [3.8, 4) is 0 Å². The van der Waals surface area contributed by atoms with Crippen molar-refractivity contribution in [2.45, 2.75) is 68.6 Å². The molecule has 20 heavy (non-hydrogen) atoms. The zero-order chi connectivity index (χ0) is 13.4. The normalized spacial score (nSPS) is 33.1. The molecule has 2 atom stereocenters. The van der Waals surface area contributed by atoms with Crippen molar-refractivity contribution in [2.75, 3.05) is 5.75 Å². The van der Waals surface area contributed by atoms with E-state index in [-0.39, 0.29) is 0 Å². The highest BCUT2D eigenvalue weighted by atomic mass is 32.2. The summed E-state index contributed by atoms with van der Waals surface area (Å²) in [6.45, 7) is 0. The zero-order valence-electron chi connectivity index (χ0n) is 12.3. The van der Waals surface area contributed by atoms with Gasteiger partial charge in [-0.05, 0) is 36.3 Å². The summed E-state index contributed by atoms with van der Waals surface area (Å²) < 4.78 is 5.91. The first-order valence-corrected chi connectivity index (χ1v) is 9.67. The molecule has 2 heterocycles. The number of aryl methyl sites for hydroxylation is 1. The molecule has 2 unspecified atom stereocenters. The van der Waals surface area contributed by atoms with Gasteiger partial charge in [0.2, 0.25) is 0 Å². The van der Waals surface area contributed by atoms with E-state index in [0.717, 1.165) is 5.92 Å². The Balaban J connectivity index is 1.35. The number of fused-ring (bicyclic) bond motifs is 1. The van der Waals surface area contributed by atoms with Crippen molar-refractivity contribution < 1.29 is 4.18 Å². The van der Waals surface area contributed by atoms with Gasteiger partial charge in [0.05, 0.1) is 0 Å². The summed E-state index contributed by atoms with van der Waals surface area (Å²) >= 11 is 0.353. The summed E-state index contributed by atoms with van der Waals surface area (Å²) in [5.74, 6) is 2.17. The van der Waals surface area contributed by atoms with Gasteiger partial charge in [-0.1, -0.05) is 43.5 Å². The van der Waals surface area contributed by atoms with Gasteiger partial charge in [0.25, 0.3) is 0 Å². The molecule has 0 bridgehead atoms. The molecule has 3 aliphatic rings. The largest absolute Gasteiger partial charge is 0.308 e. The minimum absolute atomic E-state index is 0.335. The average molecular weight is 289 g/mol. The Morgan fingerprint density at radius 2 is 1.85 bits per heavy atom. The molecule has 0 aromatic heterocycles. The molecule has 0 amide bonds. The van der Waals surface area contributed by atoms with Crippen LogP contribution in [0.4, 0.5) is 0 Å². The molecule has 2 aliphatic heterocycles. The van der Waals surface area contributed by atoms with Gasteiger partial charge in [-0.2, -0.15) is 0 Å². The van der Waals surface area contributed by atoms with Crippen LogP contribution >= 0.6 is 0 Å². The maximum Gasteiger partial charge on any atom is 0.308 e. The fourth-order valence-electron chi connectivity index (χ4n) is 4.03. The summed E-state index contributed by atoms with van der Waals surface area (Å²) in [6.07, 6.45) is 12.3. The second kappa shape index (κ2) is 5.38. The standard InChI is InChI=1S/C18H25OS/c1-2-5-16(6-3-1)17-9-7-15(8-10-17)11-13-18-12-4-14-20(18)19-18/h7-10,16H,1-6,11-14H2/q+1. The smallest absolute Gasteiger partial charge is 0.108 e. The molecule has 4 rings (SSSR count). The van der Waals surface area contributed by atoms with Crippen LogP contribution in [0.1, 0.15) is 68.4 Å². The van der Waals surface area contributed by atoms with Crippen LogP contribution in [0.5, 0.6) is 0 Å². The molecule has 0 N–H and O–H groups in total. The Morgan fingerprint density at radius 3 is 2.50 bits per heavy atom. The Morgan fingerprint density at radius 1 is 1.05 bits per heavy atom. The van der Waals surface area contributed by atoms with Gasteiger partial charge in [0.1, 0.15) is 5.75 Å². The van der Waals surface area contributed by atoms with Gasteiger partial charge >= 0.3 is 4.93 Å². The molecular formula is C18H25OS+. The molecular weight excluding hydrogens is 264 g/mol. The van der Waals surface area contributed by atoms with Crippen LogP contribution in [0.15, 0.2) is 24.3 Å². The van der Waals surface area contributed by atoms with Gasteiger partial charge < -0.3 is 0 Å². The highest BCUT2D eigenvalue weighted by Crippen LogP contribution is 2.54. The molecule has 3 fully saturated rings. The molecule has 1 aromatic rings. The topological polar surface area (TPSA) is 12.5 Å². The van der Waals surface area contributed by atoms with E-state index >= 15 is 0 Å². The van der Waals surface area contributed by atoms with Crippen LogP contribution in [-0.4, -0.2) is 10.7 Å². The average Bonchev–Trinajstić information content (AvgIpc) is 3.07. The van der Waals surface area contributed by atoms with Gasteiger partial charge in [-0.25, -0.2) is 0 Å². The van der Waals surface area contributed by atoms with Crippen molar-refractivity contribution >= 4 is 11.2 Å². The highest BCUT2D eigenvalue weighted by molar-refractivity contribution is 7.99. The van der Waals surface area contributed by atoms with Crippen LogP contribution in [0.3, 0.4) is 0 Å². The fraction of sp³-hybridized carbons (Fsp3) is 0.667. The third kappa shape index (κ3) is 2.53. The first-order chi connectivity index (χ1) is 9.86. The van der Waals surface area contributed by atoms with Crippen LogP contribution in [0.2, 0.25) is 0 Å². The maximum absolute atomic E-state index is 5.91. The van der Waals surface area contributed by atoms with Crippen molar-refractivity contribution in [1.82, 2.24) is 0 Å². The summed E-state index contributed by atoms with van der Waals surface area (Å²) in [4.78, 5) is 0.335. The highest BCUT2D eigenvalue weighted by Gasteiger charge is 2.73. The summed E-state index contributed by atoms with van der Waals surface area (Å²) in [6, 6.07) is 9.53. The van der Waals surface area contributed by atoms with Crippen LogP contribution in [0, 0.1) is 0 Å². The van der Waals surface area contributed by atoms with Crippen molar-refractivity contribution in [2.24, 2.45) is 0 Å². The van der Waals surface area contributed by atoms with E-state index in [2.05, 4.69) is 24.3 Å². The third-order valence-electron chi connectivity index (χ3n) is 5.38. The lowest BCUT2D eigenvalue weighted by Gasteiger charge is -2.22. The molecule has 108 valence electrons. The van der Waals surface area contributed by atoms with Crippen molar-refractivity contribution in [3.63, 3.8) is 0 Å². The first kappa shape index (κ1) is 13.2. The Labute approximate surface area is 125 Å². The molecule has 1 nitrogen and oxygen atoms in total. The van der Waals surface area contributed by atoms with E-state index < -0.39 is 0 Å². The zero-order valence-corrected chi connectivity index (χ0v) is 13.1.